The monoisotopic (exact) mass is 656 g/mol. The molecule has 1 atom stereocenters. The number of ether oxygens (including phenoxy) is 2. The van der Waals surface area contributed by atoms with Gasteiger partial charge >= 0.3 is 11.9 Å². The number of benzene rings is 3. The minimum atomic E-state index is -4.89. The molecular weight excluding hydrogens is 623 g/mol. The topological polar surface area (TPSA) is 91.7 Å². The van der Waals surface area contributed by atoms with E-state index in [2.05, 4.69) is 0 Å². The lowest BCUT2D eigenvalue weighted by Gasteiger charge is -2.39. The molecule has 0 amide bonds. The zero-order chi connectivity index (χ0) is 33.5. The Kier molecular flexibility index (Phi) is 8.81. The maximum atomic E-state index is 15.0. The highest BCUT2D eigenvalue weighted by atomic mass is 19.4. The first-order valence-electron chi connectivity index (χ1n) is 15.1. The van der Waals surface area contributed by atoms with Crippen LogP contribution in [0.2, 0.25) is 0 Å². The number of hydrogen-bond donors (Lipinski definition) is 1. The number of hydrogen-bond acceptors (Lipinski definition) is 6. The summed E-state index contributed by atoms with van der Waals surface area (Å²) in [4.78, 5) is 30.2. The van der Waals surface area contributed by atoms with E-state index in [4.69, 9.17) is 15.2 Å². The maximum absolute atomic E-state index is 15.0. The molecule has 1 spiro atoms. The third kappa shape index (κ3) is 6.10. The second-order valence-electron chi connectivity index (χ2n) is 11.9. The van der Waals surface area contributed by atoms with Gasteiger partial charge in [0.1, 0.15) is 11.4 Å². The summed E-state index contributed by atoms with van der Waals surface area (Å²) in [6.45, 7) is -0.214. The molecule has 2 N–H and O–H groups in total. The molecule has 1 fully saturated rings. The van der Waals surface area contributed by atoms with Gasteiger partial charge in [-0.2, -0.15) is 13.2 Å². The summed E-state index contributed by atoms with van der Waals surface area (Å²) < 4.78 is 85.1. The summed E-state index contributed by atoms with van der Waals surface area (Å²) in [6, 6.07) is 15.5. The lowest BCUT2D eigenvalue weighted by Crippen LogP contribution is -2.49. The number of piperidine rings is 1. The van der Waals surface area contributed by atoms with Gasteiger partial charge in [-0.25, -0.2) is 13.6 Å². The van der Waals surface area contributed by atoms with Crippen molar-refractivity contribution in [2.24, 2.45) is 5.73 Å². The Hall–Kier alpha value is -4.33. The number of nitrogens with zero attached hydrogens (tertiary/aromatic N) is 3. The van der Waals surface area contributed by atoms with E-state index in [1.54, 1.807) is 42.5 Å². The number of nitrogens with two attached hydrogens (primary N) is 1. The van der Waals surface area contributed by atoms with Crippen molar-refractivity contribution in [2.45, 2.75) is 56.9 Å². The Balaban J connectivity index is 1.40. The van der Waals surface area contributed by atoms with Crippen molar-refractivity contribution in [3.63, 3.8) is 0 Å². The van der Waals surface area contributed by atoms with Gasteiger partial charge in [0.15, 0.2) is 11.6 Å². The number of alkyl halides is 3. The second-order valence-corrected chi connectivity index (χ2v) is 11.9. The number of aromatic nitrogens is 2. The van der Waals surface area contributed by atoms with Gasteiger partial charge in [-0.15, -0.1) is 0 Å². The van der Waals surface area contributed by atoms with Gasteiger partial charge in [0.2, 0.25) is 0 Å². The van der Waals surface area contributed by atoms with Crippen LogP contribution < -0.4 is 21.7 Å². The Labute approximate surface area is 266 Å². The molecule has 1 aromatic heterocycles. The first kappa shape index (κ1) is 32.6. The van der Waals surface area contributed by atoms with Gasteiger partial charge in [0.25, 0.3) is 5.56 Å². The molecule has 0 bridgehead atoms. The van der Waals surface area contributed by atoms with Gasteiger partial charge in [-0.3, -0.25) is 18.8 Å². The third-order valence-electron chi connectivity index (χ3n) is 9.14. The lowest BCUT2D eigenvalue weighted by molar-refractivity contribution is -0.138. The molecule has 0 aliphatic carbocycles. The summed E-state index contributed by atoms with van der Waals surface area (Å²) in [6.07, 6.45) is -4.31. The standard InChI is InChI=1S/C34H33F5N4O4/c1-46-28-12-5-9-22(30(28)36)17-41-15-13-33(14-16-41)29-27(20-47-33)42(18-23-24(34(37,38)39)10-6-11-25(23)35)32(45)43(31(29)44)19-26(40)21-7-3-2-4-8-21/h2-12,26H,13-20,40H2,1H3. The summed E-state index contributed by atoms with van der Waals surface area (Å²) in [7, 11) is 1.39. The Morgan fingerprint density at radius 1 is 0.936 bits per heavy atom. The van der Waals surface area contributed by atoms with Gasteiger partial charge in [0.05, 0.1) is 43.6 Å². The van der Waals surface area contributed by atoms with E-state index in [1.165, 1.54) is 13.2 Å². The molecule has 47 heavy (non-hydrogen) atoms. The molecule has 2 aliphatic rings. The molecule has 13 heteroatoms. The van der Waals surface area contributed by atoms with E-state index in [-0.39, 0.29) is 49.5 Å². The summed E-state index contributed by atoms with van der Waals surface area (Å²) in [5, 5.41) is 0. The van der Waals surface area contributed by atoms with E-state index in [0.29, 0.717) is 24.2 Å². The predicted octanol–water partition coefficient (Wildman–Crippen LogP) is 5.09. The van der Waals surface area contributed by atoms with Crippen molar-refractivity contribution < 1.29 is 31.4 Å². The average molecular weight is 657 g/mol. The van der Waals surface area contributed by atoms with E-state index in [0.717, 1.165) is 27.3 Å². The van der Waals surface area contributed by atoms with Crippen LogP contribution in [0, 0.1) is 11.6 Å². The maximum Gasteiger partial charge on any atom is 0.416 e. The summed E-state index contributed by atoms with van der Waals surface area (Å²) >= 11 is 0. The Morgan fingerprint density at radius 2 is 1.64 bits per heavy atom. The van der Waals surface area contributed by atoms with E-state index in [9.17, 15) is 27.2 Å². The van der Waals surface area contributed by atoms with Crippen LogP contribution >= 0.6 is 0 Å². The third-order valence-corrected chi connectivity index (χ3v) is 9.14. The van der Waals surface area contributed by atoms with Crippen molar-refractivity contribution in [3.05, 3.63) is 133 Å². The summed E-state index contributed by atoms with van der Waals surface area (Å²) in [5.41, 5.74) is 3.08. The predicted molar refractivity (Wildman–Crippen MR) is 163 cm³/mol. The number of likely N-dealkylation sites (tertiary alicyclic amines) is 1. The SMILES string of the molecule is COc1cccc(CN2CCC3(CC2)OCc2c3c(=O)n(CC(N)c3ccccc3)c(=O)n2Cc2c(F)cccc2C(F)(F)F)c1F. The normalized spacial score (nSPS) is 16.7. The van der Waals surface area contributed by atoms with E-state index < -0.39 is 58.4 Å². The molecule has 4 aromatic rings. The Bertz CT molecular complexity index is 1900. The molecule has 0 radical (unpaired) electrons. The van der Waals surface area contributed by atoms with E-state index >= 15 is 4.39 Å². The van der Waals surface area contributed by atoms with Crippen molar-refractivity contribution in [3.8, 4) is 5.75 Å². The van der Waals surface area contributed by atoms with Gasteiger partial charge < -0.3 is 15.2 Å². The molecule has 248 valence electrons. The average Bonchev–Trinajstić information content (AvgIpc) is 3.42. The van der Waals surface area contributed by atoms with Crippen molar-refractivity contribution in [1.82, 2.24) is 14.0 Å². The van der Waals surface area contributed by atoms with Crippen LogP contribution in [0.25, 0.3) is 0 Å². The second kappa shape index (κ2) is 12.7. The van der Waals surface area contributed by atoms with Crippen LogP contribution in [-0.4, -0.2) is 34.2 Å². The number of halogens is 5. The lowest BCUT2D eigenvalue weighted by atomic mass is 9.85. The number of methoxy groups -OCH3 is 1. The van der Waals surface area contributed by atoms with Crippen LogP contribution in [-0.2, 0) is 42.8 Å². The van der Waals surface area contributed by atoms with Crippen LogP contribution in [0.3, 0.4) is 0 Å². The Morgan fingerprint density at radius 3 is 2.32 bits per heavy atom. The van der Waals surface area contributed by atoms with E-state index in [1.807, 2.05) is 4.90 Å². The van der Waals surface area contributed by atoms with Crippen LogP contribution in [0.15, 0.2) is 76.3 Å². The molecule has 0 saturated carbocycles. The smallest absolute Gasteiger partial charge is 0.416 e. The first-order valence-corrected chi connectivity index (χ1v) is 15.1. The van der Waals surface area contributed by atoms with Crippen LogP contribution in [0.4, 0.5) is 22.0 Å². The van der Waals surface area contributed by atoms with Crippen LogP contribution in [0.5, 0.6) is 5.75 Å². The number of fused-ring (bicyclic) bond motifs is 2. The van der Waals surface area contributed by atoms with Crippen molar-refractivity contribution in [1.29, 1.82) is 0 Å². The largest absolute Gasteiger partial charge is 0.494 e. The molecule has 2 aliphatic heterocycles. The molecule has 8 nitrogen and oxygen atoms in total. The van der Waals surface area contributed by atoms with Crippen LogP contribution in [0.1, 0.15) is 52.4 Å². The molecule has 1 saturated heterocycles. The fourth-order valence-electron chi connectivity index (χ4n) is 6.64. The van der Waals surface area contributed by atoms with Crippen molar-refractivity contribution in [2.75, 3.05) is 20.2 Å². The fourth-order valence-corrected chi connectivity index (χ4v) is 6.64. The zero-order valence-electron chi connectivity index (χ0n) is 25.5. The minimum Gasteiger partial charge on any atom is -0.494 e. The van der Waals surface area contributed by atoms with Crippen molar-refractivity contribution >= 4 is 0 Å². The fraction of sp³-hybridized carbons (Fsp3) is 0.353. The quantitative estimate of drug-likeness (QED) is 0.266. The van der Waals surface area contributed by atoms with Gasteiger partial charge in [-0.05, 0) is 36.6 Å². The van der Waals surface area contributed by atoms with Gasteiger partial charge in [0, 0.05) is 36.8 Å². The molecular formula is C34H33F5N4O4. The molecule has 6 rings (SSSR count). The highest BCUT2D eigenvalue weighted by Gasteiger charge is 2.47. The van der Waals surface area contributed by atoms with Gasteiger partial charge in [-0.1, -0.05) is 48.5 Å². The first-order chi connectivity index (χ1) is 22.4. The molecule has 3 aromatic carbocycles. The highest BCUT2D eigenvalue weighted by molar-refractivity contribution is 5.35. The number of rotatable bonds is 8. The molecule has 3 heterocycles. The minimum absolute atomic E-state index is 0.105. The highest BCUT2D eigenvalue weighted by Crippen LogP contribution is 2.43. The summed E-state index contributed by atoms with van der Waals surface area (Å²) in [5.74, 6) is -1.48. The molecule has 1 unspecified atom stereocenters. The zero-order valence-corrected chi connectivity index (χ0v) is 25.5.